The van der Waals surface area contributed by atoms with Crippen LogP contribution in [0.3, 0.4) is 0 Å². The van der Waals surface area contributed by atoms with E-state index in [1.807, 2.05) is 27.7 Å². The minimum absolute atomic E-state index is 0.0172. The molecule has 2 amide bonds. The summed E-state index contributed by atoms with van der Waals surface area (Å²) in [5, 5.41) is 0. The fourth-order valence-corrected chi connectivity index (χ4v) is 4.04. The highest BCUT2D eigenvalue weighted by Gasteiger charge is 2.39. The zero-order valence-corrected chi connectivity index (χ0v) is 19.3. The number of hydrogen-bond donors (Lipinski definition) is 2. The van der Waals surface area contributed by atoms with Gasteiger partial charge in [-0.05, 0) is 24.0 Å². The summed E-state index contributed by atoms with van der Waals surface area (Å²) in [5.41, 5.74) is 4.83. The summed E-state index contributed by atoms with van der Waals surface area (Å²) < 4.78 is 15.5. The Labute approximate surface area is 191 Å². The number of nitrogen functional groups attached to an aromatic ring is 1. The number of carbonyl (C=O) groups excluding carboxylic acids is 2. The number of amides is 2. The van der Waals surface area contributed by atoms with Crippen molar-refractivity contribution >= 4 is 29.0 Å². The second-order valence-corrected chi connectivity index (χ2v) is 9.20. The highest BCUT2D eigenvalue weighted by atomic mass is 19.1. The minimum Gasteiger partial charge on any atom is -0.383 e. The Bertz CT molecular complexity index is 1170. The molecule has 0 aliphatic carbocycles. The van der Waals surface area contributed by atoms with E-state index in [2.05, 4.69) is 4.98 Å². The first-order valence-corrected chi connectivity index (χ1v) is 11.0. The molecule has 1 saturated heterocycles. The molecular formula is C23H30FN5O4. The van der Waals surface area contributed by atoms with E-state index in [0.29, 0.717) is 0 Å². The predicted octanol–water partition coefficient (Wildman–Crippen LogP) is 1.96. The lowest BCUT2D eigenvalue weighted by molar-refractivity contribution is -0.124. The van der Waals surface area contributed by atoms with E-state index in [1.54, 1.807) is 6.07 Å². The van der Waals surface area contributed by atoms with Crippen LogP contribution in [-0.2, 0) is 16.1 Å². The topological polar surface area (TPSA) is 121 Å². The quantitative estimate of drug-likeness (QED) is 0.656. The molecule has 1 aliphatic heterocycles. The van der Waals surface area contributed by atoms with Crippen LogP contribution >= 0.6 is 0 Å². The number of nitrogens with one attached hydrogen (secondary N) is 1. The molecule has 1 aliphatic rings. The zero-order valence-electron chi connectivity index (χ0n) is 19.3. The van der Waals surface area contributed by atoms with Crippen molar-refractivity contribution in [3.8, 4) is 0 Å². The maximum absolute atomic E-state index is 14.2. The van der Waals surface area contributed by atoms with Crippen LogP contribution in [0.25, 0.3) is 0 Å². The largest absolute Gasteiger partial charge is 0.383 e. The number of hydrogen-bond acceptors (Lipinski definition) is 5. The number of aromatic amines is 1. The summed E-state index contributed by atoms with van der Waals surface area (Å²) in [4.78, 5) is 56.1. The second-order valence-electron chi connectivity index (χ2n) is 9.20. The molecule has 0 spiro atoms. The summed E-state index contributed by atoms with van der Waals surface area (Å²) in [7, 11) is 0. The van der Waals surface area contributed by atoms with E-state index in [1.165, 1.54) is 32.6 Å². The maximum Gasteiger partial charge on any atom is 0.330 e. The van der Waals surface area contributed by atoms with Gasteiger partial charge >= 0.3 is 5.69 Å². The summed E-state index contributed by atoms with van der Waals surface area (Å²) >= 11 is 0. The fraction of sp³-hybridized carbons (Fsp3) is 0.478. The molecule has 0 bridgehead atoms. The lowest BCUT2D eigenvalue weighted by Crippen LogP contribution is -2.45. The molecule has 1 atom stereocenters. The Balaban J connectivity index is 2.00. The van der Waals surface area contributed by atoms with Crippen LogP contribution in [0.5, 0.6) is 0 Å². The van der Waals surface area contributed by atoms with Crippen molar-refractivity contribution in [3.63, 3.8) is 0 Å². The average molecular weight is 460 g/mol. The summed E-state index contributed by atoms with van der Waals surface area (Å²) in [5.74, 6) is -2.25. The standard InChI is InChI=1S/C23H30FN5O4/c1-13(2)10-28(19-20(25)29(11-14(3)4)23(33)26-21(19)31)22(32)15-9-18(30)27(12-15)17-8-6-5-7-16(17)24/h5-8,13-15H,9-12,25H2,1-4H3,(H,26,31,33). The second kappa shape index (κ2) is 9.60. The molecule has 10 heteroatoms. The van der Waals surface area contributed by atoms with Crippen LogP contribution in [0.4, 0.5) is 21.6 Å². The number of anilines is 3. The molecule has 2 heterocycles. The maximum atomic E-state index is 14.2. The van der Waals surface area contributed by atoms with E-state index >= 15 is 0 Å². The molecule has 33 heavy (non-hydrogen) atoms. The Hall–Kier alpha value is -3.43. The van der Waals surface area contributed by atoms with Gasteiger partial charge in [0.2, 0.25) is 11.8 Å². The Morgan fingerprint density at radius 3 is 2.45 bits per heavy atom. The van der Waals surface area contributed by atoms with E-state index in [9.17, 15) is 23.6 Å². The van der Waals surface area contributed by atoms with Gasteiger partial charge < -0.3 is 15.5 Å². The molecular weight excluding hydrogens is 429 g/mol. The third-order valence-electron chi connectivity index (χ3n) is 5.46. The number of H-pyrrole nitrogens is 1. The van der Waals surface area contributed by atoms with E-state index < -0.39 is 28.9 Å². The predicted molar refractivity (Wildman–Crippen MR) is 125 cm³/mol. The van der Waals surface area contributed by atoms with Gasteiger partial charge in [-0.15, -0.1) is 0 Å². The van der Waals surface area contributed by atoms with Crippen LogP contribution < -0.4 is 26.8 Å². The number of aromatic nitrogens is 2. The highest BCUT2D eigenvalue weighted by molar-refractivity contribution is 6.05. The minimum atomic E-state index is -0.792. The Morgan fingerprint density at radius 1 is 1.18 bits per heavy atom. The molecule has 1 aromatic carbocycles. The van der Waals surface area contributed by atoms with Gasteiger partial charge in [-0.25, -0.2) is 9.18 Å². The van der Waals surface area contributed by atoms with E-state index in [0.717, 1.165) is 0 Å². The number of benzene rings is 1. The van der Waals surface area contributed by atoms with Gasteiger partial charge in [-0.3, -0.25) is 23.9 Å². The van der Waals surface area contributed by atoms with Gasteiger partial charge in [0.25, 0.3) is 5.56 Å². The first kappa shape index (κ1) is 24.2. The summed E-state index contributed by atoms with van der Waals surface area (Å²) in [6, 6.07) is 5.87. The fourth-order valence-electron chi connectivity index (χ4n) is 4.04. The van der Waals surface area contributed by atoms with Crippen LogP contribution in [0.2, 0.25) is 0 Å². The highest BCUT2D eigenvalue weighted by Crippen LogP contribution is 2.30. The van der Waals surface area contributed by atoms with Gasteiger partial charge in [0, 0.05) is 26.1 Å². The lowest BCUT2D eigenvalue weighted by atomic mass is 10.1. The van der Waals surface area contributed by atoms with Crippen LogP contribution in [-0.4, -0.2) is 34.5 Å². The Morgan fingerprint density at radius 2 is 1.85 bits per heavy atom. The van der Waals surface area contributed by atoms with Crippen molar-refractivity contribution in [2.75, 3.05) is 28.6 Å². The molecule has 1 aromatic heterocycles. The van der Waals surface area contributed by atoms with Gasteiger partial charge in [0.15, 0.2) is 5.69 Å². The molecule has 9 nitrogen and oxygen atoms in total. The van der Waals surface area contributed by atoms with Crippen molar-refractivity contribution in [3.05, 3.63) is 50.9 Å². The monoisotopic (exact) mass is 459 g/mol. The number of carbonyl (C=O) groups is 2. The number of para-hydroxylation sites is 1. The molecule has 1 fully saturated rings. The molecule has 178 valence electrons. The third kappa shape index (κ3) is 4.99. The molecule has 3 rings (SSSR count). The number of nitrogens with two attached hydrogens (primary N) is 1. The van der Waals surface area contributed by atoms with Gasteiger partial charge in [-0.1, -0.05) is 39.8 Å². The third-order valence-corrected chi connectivity index (χ3v) is 5.46. The average Bonchev–Trinajstić information content (AvgIpc) is 3.11. The van der Waals surface area contributed by atoms with Crippen molar-refractivity contribution in [2.45, 2.75) is 40.7 Å². The molecule has 1 unspecified atom stereocenters. The van der Waals surface area contributed by atoms with Gasteiger partial charge in [0.1, 0.15) is 11.6 Å². The zero-order chi connectivity index (χ0) is 24.4. The summed E-state index contributed by atoms with van der Waals surface area (Å²) in [6.07, 6.45) is -0.120. The van der Waals surface area contributed by atoms with E-state index in [-0.39, 0.29) is 61.0 Å². The SMILES string of the molecule is CC(C)CN(C(=O)C1CC(=O)N(c2ccccc2F)C1)c1c(N)n(CC(C)C)c(=O)[nH]c1=O. The van der Waals surface area contributed by atoms with Crippen LogP contribution in [0, 0.1) is 23.6 Å². The van der Waals surface area contributed by atoms with E-state index in [4.69, 9.17) is 5.73 Å². The van der Waals surface area contributed by atoms with Crippen LogP contribution in [0.1, 0.15) is 34.1 Å². The summed E-state index contributed by atoms with van der Waals surface area (Å²) in [6.45, 7) is 7.96. The number of halogens is 1. The first-order chi connectivity index (χ1) is 15.5. The van der Waals surface area contributed by atoms with Crippen LogP contribution in [0.15, 0.2) is 33.9 Å². The van der Waals surface area contributed by atoms with Crippen molar-refractivity contribution in [2.24, 2.45) is 17.8 Å². The number of nitrogens with zero attached hydrogens (tertiary/aromatic N) is 3. The molecule has 0 radical (unpaired) electrons. The van der Waals surface area contributed by atoms with Gasteiger partial charge in [0.05, 0.1) is 11.6 Å². The van der Waals surface area contributed by atoms with Crippen molar-refractivity contribution < 1.29 is 14.0 Å². The van der Waals surface area contributed by atoms with Crippen molar-refractivity contribution in [1.82, 2.24) is 9.55 Å². The molecule has 3 N–H and O–H groups in total. The first-order valence-electron chi connectivity index (χ1n) is 11.0. The molecule has 2 aromatic rings. The van der Waals surface area contributed by atoms with Gasteiger partial charge in [-0.2, -0.15) is 0 Å². The lowest BCUT2D eigenvalue weighted by Gasteiger charge is -2.28. The normalized spacial score (nSPS) is 16.2. The van der Waals surface area contributed by atoms with Crippen molar-refractivity contribution in [1.29, 1.82) is 0 Å². The Kier molecular flexibility index (Phi) is 7.04. The number of rotatable bonds is 7. The molecule has 0 saturated carbocycles. The smallest absolute Gasteiger partial charge is 0.330 e.